The van der Waals surface area contributed by atoms with Gasteiger partial charge in [-0.1, -0.05) is 12.1 Å². The zero-order chi connectivity index (χ0) is 17.9. The van der Waals surface area contributed by atoms with Crippen LogP contribution in [-0.2, 0) is 0 Å². The van der Waals surface area contributed by atoms with E-state index in [4.69, 9.17) is 5.11 Å². The zero-order valence-corrected chi connectivity index (χ0v) is 13.0. The predicted molar refractivity (Wildman–Crippen MR) is 85.3 cm³/mol. The standard InChI is InChI=1S/C16H15F3N4O2/c17-16(18,19)25-12-4-1-3-11(9-12)13-10-22-15-14(20-5-2-8-24)21-6-7-23(13)15/h1,3-4,6-7,9-10,24H,2,5,8H2,(H,20,21). The maximum absolute atomic E-state index is 12.4. The molecule has 25 heavy (non-hydrogen) atoms. The summed E-state index contributed by atoms with van der Waals surface area (Å²) in [6, 6.07) is 5.70. The number of imidazole rings is 1. The minimum atomic E-state index is -4.74. The molecule has 9 heteroatoms. The zero-order valence-electron chi connectivity index (χ0n) is 13.0. The molecule has 0 spiro atoms. The summed E-state index contributed by atoms with van der Waals surface area (Å²) < 4.78 is 42.9. The Labute approximate surface area is 140 Å². The average Bonchev–Trinajstić information content (AvgIpc) is 2.99. The first-order valence-corrected chi connectivity index (χ1v) is 7.51. The highest BCUT2D eigenvalue weighted by atomic mass is 19.4. The fourth-order valence-corrected chi connectivity index (χ4v) is 2.40. The van der Waals surface area contributed by atoms with Crippen LogP contribution in [0.2, 0.25) is 0 Å². The van der Waals surface area contributed by atoms with Gasteiger partial charge in [0.05, 0.1) is 11.9 Å². The van der Waals surface area contributed by atoms with Gasteiger partial charge in [-0.2, -0.15) is 0 Å². The van der Waals surface area contributed by atoms with Gasteiger partial charge >= 0.3 is 6.36 Å². The normalized spacial score (nSPS) is 11.7. The van der Waals surface area contributed by atoms with Gasteiger partial charge in [0.25, 0.3) is 0 Å². The summed E-state index contributed by atoms with van der Waals surface area (Å²) in [5, 5.41) is 11.9. The van der Waals surface area contributed by atoms with Crippen LogP contribution < -0.4 is 10.1 Å². The molecule has 2 heterocycles. The smallest absolute Gasteiger partial charge is 0.406 e. The largest absolute Gasteiger partial charge is 0.573 e. The minimum Gasteiger partial charge on any atom is -0.406 e. The highest BCUT2D eigenvalue weighted by molar-refractivity contribution is 5.71. The van der Waals surface area contributed by atoms with Crippen molar-refractivity contribution < 1.29 is 23.0 Å². The Balaban J connectivity index is 1.94. The van der Waals surface area contributed by atoms with Crippen molar-refractivity contribution in [3.05, 3.63) is 42.9 Å². The fraction of sp³-hybridized carbons (Fsp3) is 0.250. The van der Waals surface area contributed by atoms with Gasteiger partial charge in [-0.3, -0.25) is 4.40 Å². The van der Waals surface area contributed by atoms with Crippen molar-refractivity contribution in [3.8, 4) is 17.0 Å². The fourth-order valence-electron chi connectivity index (χ4n) is 2.40. The van der Waals surface area contributed by atoms with Crippen LogP contribution in [0.4, 0.5) is 19.0 Å². The number of aromatic nitrogens is 3. The molecule has 0 aliphatic rings. The Morgan fingerprint density at radius 2 is 2.08 bits per heavy atom. The van der Waals surface area contributed by atoms with Crippen LogP contribution in [0.1, 0.15) is 6.42 Å². The lowest BCUT2D eigenvalue weighted by atomic mass is 10.1. The van der Waals surface area contributed by atoms with Gasteiger partial charge in [0.15, 0.2) is 11.5 Å². The molecule has 1 aromatic carbocycles. The number of nitrogens with one attached hydrogen (secondary N) is 1. The maximum atomic E-state index is 12.4. The quantitative estimate of drug-likeness (QED) is 0.667. The molecule has 0 saturated heterocycles. The number of rotatable bonds is 6. The topological polar surface area (TPSA) is 71.7 Å². The summed E-state index contributed by atoms with van der Waals surface area (Å²) >= 11 is 0. The first-order valence-electron chi connectivity index (χ1n) is 7.51. The van der Waals surface area contributed by atoms with E-state index in [9.17, 15) is 13.2 Å². The number of hydrogen-bond acceptors (Lipinski definition) is 5. The van der Waals surface area contributed by atoms with E-state index < -0.39 is 6.36 Å². The number of alkyl halides is 3. The Morgan fingerprint density at radius 3 is 2.84 bits per heavy atom. The molecular formula is C16H15F3N4O2. The van der Waals surface area contributed by atoms with Crippen molar-refractivity contribution in [1.29, 1.82) is 0 Å². The van der Waals surface area contributed by atoms with E-state index in [0.717, 1.165) is 0 Å². The molecule has 3 rings (SSSR count). The number of halogens is 3. The summed E-state index contributed by atoms with van der Waals surface area (Å²) in [6.07, 6.45) is 0.613. The number of fused-ring (bicyclic) bond motifs is 1. The third-order valence-corrected chi connectivity index (χ3v) is 3.42. The SMILES string of the molecule is OCCCNc1nccn2c(-c3cccc(OC(F)(F)F)c3)cnc12. The summed E-state index contributed by atoms with van der Waals surface area (Å²) in [4.78, 5) is 8.49. The van der Waals surface area contributed by atoms with Crippen LogP contribution in [0, 0.1) is 0 Å². The molecule has 0 unspecified atom stereocenters. The maximum Gasteiger partial charge on any atom is 0.573 e. The van der Waals surface area contributed by atoms with E-state index in [1.165, 1.54) is 18.2 Å². The van der Waals surface area contributed by atoms with Crippen molar-refractivity contribution in [2.45, 2.75) is 12.8 Å². The lowest BCUT2D eigenvalue weighted by Gasteiger charge is -2.10. The van der Waals surface area contributed by atoms with Gasteiger partial charge in [0.2, 0.25) is 0 Å². The van der Waals surface area contributed by atoms with E-state index >= 15 is 0 Å². The third kappa shape index (κ3) is 4.00. The molecule has 0 fully saturated rings. The Bertz CT molecular complexity index is 864. The summed E-state index contributed by atoms with van der Waals surface area (Å²) in [5.41, 5.74) is 1.68. The number of hydrogen-bond donors (Lipinski definition) is 2. The van der Waals surface area contributed by atoms with Crippen LogP contribution in [-0.4, -0.2) is 39.0 Å². The summed E-state index contributed by atoms with van der Waals surface area (Å²) in [6.45, 7) is 0.585. The van der Waals surface area contributed by atoms with E-state index in [1.54, 1.807) is 29.1 Å². The number of nitrogens with zero attached hydrogens (tertiary/aromatic N) is 3. The van der Waals surface area contributed by atoms with Crippen LogP contribution in [0.15, 0.2) is 42.9 Å². The first-order chi connectivity index (χ1) is 12.0. The molecule has 0 atom stereocenters. The summed E-state index contributed by atoms with van der Waals surface area (Å²) in [5.74, 6) is 0.236. The Morgan fingerprint density at radius 1 is 1.24 bits per heavy atom. The van der Waals surface area contributed by atoms with Crippen molar-refractivity contribution >= 4 is 11.5 Å². The number of benzene rings is 1. The number of anilines is 1. The predicted octanol–water partition coefficient (Wildman–Crippen LogP) is 3.09. The van der Waals surface area contributed by atoms with Gasteiger partial charge in [-0.05, 0) is 18.6 Å². The van der Waals surface area contributed by atoms with Crippen molar-refractivity contribution in [3.63, 3.8) is 0 Å². The van der Waals surface area contributed by atoms with E-state index in [0.29, 0.717) is 35.7 Å². The second-order valence-electron chi connectivity index (χ2n) is 5.19. The molecule has 6 nitrogen and oxygen atoms in total. The van der Waals surface area contributed by atoms with Gasteiger partial charge in [0.1, 0.15) is 5.75 Å². The minimum absolute atomic E-state index is 0.0573. The van der Waals surface area contributed by atoms with Crippen LogP contribution >= 0.6 is 0 Å². The Hall–Kier alpha value is -2.81. The number of aliphatic hydroxyl groups excluding tert-OH is 1. The molecule has 0 radical (unpaired) electrons. The van der Waals surface area contributed by atoms with Crippen molar-refractivity contribution in [1.82, 2.24) is 14.4 Å². The van der Waals surface area contributed by atoms with E-state index in [2.05, 4.69) is 20.0 Å². The van der Waals surface area contributed by atoms with Gasteiger partial charge in [-0.25, -0.2) is 9.97 Å². The first kappa shape index (κ1) is 17.0. The molecule has 0 aliphatic carbocycles. The highest BCUT2D eigenvalue weighted by Crippen LogP contribution is 2.29. The molecule has 132 valence electrons. The molecule has 0 bridgehead atoms. The molecule has 0 aliphatic heterocycles. The number of ether oxygens (including phenoxy) is 1. The van der Waals surface area contributed by atoms with Crippen molar-refractivity contribution in [2.75, 3.05) is 18.5 Å². The second kappa shape index (κ2) is 6.98. The summed E-state index contributed by atoms with van der Waals surface area (Å²) in [7, 11) is 0. The highest BCUT2D eigenvalue weighted by Gasteiger charge is 2.31. The van der Waals surface area contributed by atoms with Gasteiger partial charge in [0, 0.05) is 31.1 Å². The average molecular weight is 352 g/mol. The molecule has 2 N–H and O–H groups in total. The van der Waals surface area contributed by atoms with E-state index in [1.807, 2.05) is 0 Å². The molecule has 0 saturated carbocycles. The number of aliphatic hydroxyl groups is 1. The Kier molecular flexibility index (Phi) is 4.75. The van der Waals surface area contributed by atoms with Gasteiger partial charge < -0.3 is 15.2 Å². The molecule has 0 amide bonds. The van der Waals surface area contributed by atoms with Gasteiger partial charge in [-0.15, -0.1) is 13.2 Å². The molecular weight excluding hydrogens is 337 g/mol. The second-order valence-corrected chi connectivity index (χ2v) is 5.19. The van der Waals surface area contributed by atoms with Crippen LogP contribution in [0.3, 0.4) is 0 Å². The molecule has 2 aromatic heterocycles. The van der Waals surface area contributed by atoms with E-state index in [-0.39, 0.29) is 12.4 Å². The van der Waals surface area contributed by atoms with Crippen LogP contribution in [0.25, 0.3) is 16.9 Å². The monoisotopic (exact) mass is 352 g/mol. The lowest BCUT2D eigenvalue weighted by Crippen LogP contribution is -2.17. The van der Waals surface area contributed by atoms with Crippen LogP contribution in [0.5, 0.6) is 5.75 Å². The molecule has 3 aromatic rings. The third-order valence-electron chi connectivity index (χ3n) is 3.42. The van der Waals surface area contributed by atoms with Crippen molar-refractivity contribution in [2.24, 2.45) is 0 Å². The lowest BCUT2D eigenvalue weighted by molar-refractivity contribution is -0.274.